The average Bonchev–Trinajstić information content (AvgIpc) is 2.46. The molecule has 6 nitrogen and oxygen atoms in total. The quantitative estimate of drug-likeness (QED) is 0.862. The summed E-state index contributed by atoms with van der Waals surface area (Å²) in [5.74, 6) is -1.50. The average molecular weight is 292 g/mol. The Balaban J connectivity index is 2.03. The van der Waals surface area contributed by atoms with Crippen LogP contribution in [0.15, 0.2) is 18.2 Å². The summed E-state index contributed by atoms with van der Waals surface area (Å²) < 4.78 is 5.62. The van der Waals surface area contributed by atoms with E-state index >= 15 is 0 Å². The molecular formula is C15H20N2O4. The maximum Gasteiger partial charge on any atom is 0.354 e. The number of carbonyl (C=O) groups excluding carboxylic acids is 1. The zero-order chi connectivity index (χ0) is 15.6. The van der Waals surface area contributed by atoms with Crippen molar-refractivity contribution in [2.24, 2.45) is 5.41 Å². The number of carboxylic acid groups (broad SMARTS) is 1. The molecule has 6 heteroatoms. The normalized spacial score (nSPS) is 23.2. The molecule has 2 unspecified atom stereocenters. The molecule has 0 saturated heterocycles. The van der Waals surface area contributed by atoms with Crippen molar-refractivity contribution in [2.75, 3.05) is 6.61 Å². The van der Waals surface area contributed by atoms with Crippen LogP contribution in [0.5, 0.6) is 0 Å². The number of rotatable bonds is 5. The van der Waals surface area contributed by atoms with Crippen LogP contribution in [0.2, 0.25) is 0 Å². The van der Waals surface area contributed by atoms with Crippen molar-refractivity contribution in [3.8, 4) is 0 Å². The Kier molecular flexibility index (Phi) is 4.27. The number of nitrogens with zero attached hydrogens (tertiary/aromatic N) is 1. The van der Waals surface area contributed by atoms with Crippen LogP contribution in [0.4, 0.5) is 0 Å². The largest absolute Gasteiger partial charge is 0.477 e. The van der Waals surface area contributed by atoms with Crippen molar-refractivity contribution < 1.29 is 19.4 Å². The van der Waals surface area contributed by atoms with Gasteiger partial charge in [-0.25, -0.2) is 9.78 Å². The van der Waals surface area contributed by atoms with E-state index in [1.54, 1.807) is 0 Å². The van der Waals surface area contributed by atoms with Gasteiger partial charge in [0, 0.05) is 18.1 Å². The molecule has 2 rings (SSSR count). The number of aromatic nitrogens is 1. The maximum atomic E-state index is 12.2. The molecule has 2 atom stereocenters. The monoisotopic (exact) mass is 292 g/mol. The zero-order valence-electron chi connectivity index (χ0n) is 12.4. The molecule has 1 amide bonds. The molecule has 1 aromatic rings. The molecule has 1 saturated carbocycles. The Hall–Kier alpha value is -1.95. The predicted molar refractivity (Wildman–Crippen MR) is 76.3 cm³/mol. The van der Waals surface area contributed by atoms with Crippen molar-refractivity contribution in [3.05, 3.63) is 29.6 Å². The second-order valence-corrected chi connectivity index (χ2v) is 5.74. The van der Waals surface area contributed by atoms with Gasteiger partial charge in [-0.05, 0) is 25.5 Å². The highest BCUT2D eigenvalue weighted by atomic mass is 16.5. The highest BCUT2D eigenvalue weighted by molar-refractivity contribution is 5.94. The van der Waals surface area contributed by atoms with Crippen molar-refractivity contribution in [1.82, 2.24) is 10.3 Å². The van der Waals surface area contributed by atoms with Crippen LogP contribution >= 0.6 is 0 Å². The van der Waals surface area contributed by atoms with Gasteiger partial charge < -0.3 is 15.2 Å². The topological polar surface area (TPSA) is 88.5 Å². The molecule has 114 valence electrons. The van der Waals surface area contributed by atoms with Crippen molar-refractivity contribution in [1.29, 1.82) is 0 Å². The van der Waals surface area contributed by atoms with Gasteiger partial charge in [-0.15, -0.1) is 0 Å². The first-order valence-electron chi connectivity index (χ1n) is 6.99. The van der Waals surface area contributed by atoms with Crippen LogP contribution < -0.4 is 5.32 Å². The fraction of sp³-hybridized carbons (Fsp3) is 0.533. The van der Waals surface area contributed by atoms with E-state index in [-0.39, 0.29) is 34.9 Å². The number of hydrogen-bond acceptors (Lipinski definition) is 4. The zero-order valence-corrected chi connectivity index (χ0v) is 12.4. The highest BCUT2D eigenvalue weighted by Gasteiger charge is 2.49. The second kappa shape index (κ2) is 5.81. The molecule has 0 radical (unpaired) electrons. The third kappa shape index (κ3) is 3.05. The summed E-state index contributed by atoms with van der Waals surface area (Å²) in [6, 6.07) is 4.38. The van der Waals surface area contributed by atoms with E-state index in [9.17, 15) is 9.59 Å². The van der Waals surface area contributed by atoms with Crippen LogP contribution in [0, 0.1) is 5.41 Å². The van der Waals surface area contributed by atoms with E-state index in [1.165, 1.54) is 18.2 Å². The van der Waals surface area contributed by atoms with E-state index < -0.39 is 5.97 Å². The lowest BCUT2D eigenvalue weighted by Crippen LogP contribution is -2.62. The van der Waals surface area contributed by atoms with Crippen molar-refractivity contribution in [2.45, 2.75) is 39.3 Å². The molecule has 2 N–H and O–H groups in total. The first kappa shape index (κ1) is 15.4. The Morgan fingerprint density at radius 3 is 2.67 bits per heavy atom. The number of amides is 1. The second-order valence-electron chi connectivity index (χ2n) is 5.74. The summed E-state index contributed by atoms with van der Waals surface area (Å²) in [6.45, 7) is 6.69. The lowest BCUT2D eigenvalue weighted by Gasteiger charge is -2.51. The van der Waals surface area contributed by atoms with E-state index in [0.717, 1.165) is 6.42 Å². The molecule has 0 aromatic carbocycles. The van der Waals surface area contributed by atoms with Gasteiger partial charge in [0.25, 0.3) is 5.91 Å². The van der Waals surface area contributed by atoms with Gasteiger partial charge in [-0.3, -0.25) is 4.79 Å². The fourth-order valence-corrected chi connectivity index (χ4v) is 2.53. The molecule has 0 bridgehead atoms. The number of pyridine rings is 1. The number of carboxylic acids is 1. The molecule has 0 spiro atoms. The minimum Gasteiger partial charge on any atom is -0.477 e. The Labute approximate surface area is 123 Å². The molecule has 1 aliphatic carbocycles. The van der Waals surface area contributed by atoms with Gasteiger partial charge in [0.15, 0.2) is 0 Å². The first-order valence-corrected chi connectivity index (χ1v) is 6.99. The van der Waals surface area contributed by atoms with E-state index in [0.29, 0.717) is 6.61 Å². The standard InChI is InChI=1S/C15H20N2O4/c1-4-21-12-8-11(15(12,2)3)17-13(18)9-6-5-7-10(16-9)14(19)20/h5-7,11-12H,4,8H2,1-3H3,(H,17,18)(H,19,20). The molecule has 21 heavy (non-hydrogen) atoms. The van der Waals surface area contributed by atoms with Crippen molar-refractivity contribution in [3.63, 3.8) is 0 Å². The molecule has 1 aromatic heterocycles. The summed E-state index contributed by atoms with van der Waals surface area (Å²) in [7, 11) is 0. The van der Waals surface area contributed by atoms with Crippen molar-refractivity contribution >= 4 is 11.9 Å². The van der Waals surface area contributed by atoms with E-state index in [2.05, 4.69) is 10.3 Å². The van der Waals surface area contributed by atoms with E-state index in [1.807, 2.05) is 20.8 Å². The lowest BCUT2D eigenvalue weighted by molar-refractivity contribution is -0.111. The number of hydrogen-bond donors (Lipinski definition) is 2. The Morgan fingerprint density at radius 2 is 2.10 bits per heavy atom. The van der Waals surface area contributed by atoms with Gasteiger partial charge in [-0.2, -0.15) is 0 Å². The summed E-state index contributed by atoms with van der Waals surface area (Å²) >= 11 is 0. The van der Waals surface area contributed by atoms with Gasteiger partial charge in [-0.1, -0.05) is 19.9 Å². The molecule has 0 aliphatic heterocycles. The number of ether oxygens (including phenoxy) is 1. The van der Waals surface area contributed by atoms with Crippen LogP contribution in [0.1, 0.15) is 48.2 Å². The van der Waals surface area contributed by atoms with E-state index in [4.69, 9.17) is 9.84 Å². The van der Waals surface area contributed by atoms with Crippen LogP contribution in [-0.4, -0.2) is 40.7 Å². The van der Waals surface area contributed by atoms with Crippen LogP contribution in [0.3, 0.4) is 0 Å². The van der Waals surface area contributed by atoms with Gasteiger partial charge in [0.1, 0.15) is 11.4 Å². The minimum atomic E-state index is -1.15. The Morgan fingerprint density at radius 1 is 1.43 bits per heavy atom. The number of carbonyl (C=O) groups is 2. The van der Waals surface area contributed by atoms with Gasteiger partial charge in [0.05, 0.1) is 6.10 Å². The Bertz CT molecular complexity index is 556. The summed E-state index contributed by atoms with van der Waals surface area (Å²) in [6.07, 6.45) is 0.886. The molecular weight excluding hydrogens is 272 g/mol. The summed E-state index contributed by atoms with van der Waals surface area (Å²) in [5, 5.41) is 11.8. The van der Waals surface area contributed by atoms with Crippen LogP contribution in [0.25, 0.3) is 0 Å². The van der Waals surface area contributed by atoms with Gasteiger partial charge >= 0.3 is 5.97 Å². The SMILES string of the molecule is CCOC1CC(NC(=O)c2cccc(C(=O)O)n2)C1(C)C. The fourth-order valence-electron chi connectivity index (χ4n) is 2.53. The highest BCUT2D eigenvalue weighted by Crippen LogP contribution is 2.42. The first-order chi connectivity index (χ1) is 9.86. The van der Waals surface area contributed by atoms with Gasteiger partial charge in [0.2, 0.25) is 0 Å². The third-order valence-electron chi connectivity index (χ3n) is 4.05. The van der Waals surface area contributed by atoms with Crippen LogP contribution in [-0.2, 0) is 4.74 Å². The smallest absolute Gasteiger partial charge is 0.354 e. The summed E-state index contributed by atoms with van der Waals surface area (Å²) in [5.41, 5.74) is -0.163. The molecule has 1 aliphatic rings. The maximum absolute atomic E-state index is 12.2. The number of aromatic carboxylic acids is 1. The predicted octanol–water partition coefficient (Wildman–Crippen LogP) is 1.71. The minimum absolute atomic E-state index is 0.00293. The number of nitrogens with one attached hydrogen (secondary N) is 1. The summed E-state index contributed by atoms with van der Waals surface area (Å²) in [4.78, 5) is 26.9. The lowest BCUT2D eigenvalue weighted by atomic mass is 9.64. The molecule has 1 fully saturated rings. The molecule has 1 heterocycles. The third-order valence-corrected chi connectivity index (χ3v) is 4.05.